The highest BCUT2D eigenvalue weighted by Crippen LogP contribution is 2.31. The zero-order chi connectivity index (χ0) is 21.1. The third-order valence-electron chi connectivity index (χ3n) is 4.68. The summed E-state index contributed by atoms with van der Waals surface area (Å²) >= 11 is 2.70. The summed E-state index contributed by atoms with van der Waals surface area (Å²) in [5, 5.41) is 1.57. The molecule has 29 heavy (non-hydrogen) atoms. The van der Waals surface area contributed by atoms with Gasteiger partial charge in [0.25, 0.3) is 0 Å². The van der Waals surface area contributed by atoms with Gasteiger partial charge in [0.2, 0.25) is 0 Å². The Morgan fingerprint density at radius 1 is 1.38 bits per heavy atom. The van der Waals surface area contributed by atoms with Crippen LogP contribution in [0.15, 0.2) is 21.9 Å². The van der Waals surface area contributed by atoms with E-state index in [0.29, 0.717) is 16.6 Å². The number of ether oxygens (including phenoxy) is 2. The van der Waals surface area contributed by atoms with E-state index in [-0.39, 0.29) is 37.6 Å². The minimum atomic E-state index is -4.26. The summed E-state index contributed by atoms with van der Waals surface area (Å²) in [7, 11) is 0. The Morgan fingerprint density at radius 2 is 2.17 bits per heavy atom. The predicted octanol–water partition coefficient (Wildman–Crippen LogP) is 4.66. The van der Waals surface area contributed by atoms with Gasteiger partial charge < -0.3 is 9.47 Å². The monoisotopic (exact) mass is 450 g/mol. The quantitative estimate of drug-likeness (QED) is 0.493. The minimum absolute atomic E-state index is 0.0537. The number of hydrogen-bond acceptors (Lipinski definition) is 7. The molecule has 0 unspecified atom stereocenters. The van der Waals surface area contributed by atoms with Crippen LogP contribution < -0.4 is 0 Å². The van der Waals surface area contributed by atoms with E-state index >= 15 is 0 Å². The van der Waals surface area contributed by atoms with Crippen molar-refractivity contribution in [2.24, 2.45) is 0 Å². The van der Waals surface area contributed by atoms with Gasteiger partial charge in [0.1, 0.15) is 12.2 Å². The van der Waals surface area contributed by atoms with Crippen molar-refractivity contribution < 1.29 is 32.2 Å². The van der Waals surface area contributed by atoms with Crippen molar-refractivity contribution in [2.45, 2.75) is 54.8 Å². The van der Waals surface area contributed by atoms with E-state index in [4.69, 9.17) is 9.47 Å². The standard InChI is InChI=1S/C18H21F3N2O4S2/c1-17(6-3-7-18(19,20)21)5-2-4-12-10-26-16(25)23(12)8-9-28-15-22-13(11-29-15)14(24)27-17/h2,4,11-12H,3,5-10H2,1H3/b4-2+/t12-,17-/m0/s1. The fraction of sp³-hybridized carbons (Fsp3) is 0.611. The molecule has 2 aliphatic heterocycles. The molecule has 11 heteroatoms. The Balaban J connectivity index is 1.79. The van der Waals surface area contributed by atoms with Crippen molar-refractivity contribution in [1.29, 1.82) is 0 Å². The number of carbonyl (C=O) groups is 2. The summed E-state index contributed by atoms with van der Waals surface area (Å²) in [5.41, 5.74) is -0.979. The molecular weight excluding hydrogens is 429 g/mol. The average Bonchev–Trinajstić information content (AvgIpc) is 3.21. The molecule has 0 aromatic carbocycles. The summed E-state index contributed by atoms with van der Waals surface area (Å²) in [6, 6.07) is -0.256. The molecule has 3 rings (SSSR count). The van der Waals surface area contributed by atoms with E-state index in [9.17, 15) is 22.8 Å². The van der Waals surface area contributed by atoms with Crippen LogP contribution in [0.2, 0.25) is 0 Å². The second-order valence-electron chi connectivity index (χ2n) is 7.13. The Bertz CT molecular complexity index is 783. The number of esters is 1. The van der Waals surface area contributed by atoms with Gasteiger partial charge in [0.05, 0.1) is 6.04 Å². The first-order valence-corrected chi connectivity index (χ1v) is 11.0. The highest BCUT2D eigenvalue weighted by Gasteiger charge is 2.34. The van der Waals surface area contributed by atoms with E-state index in [0.717, 1.165) is 0 Å². The number of halogens is 3. The summed E-state index contributed by atoms with van der Waals surface area (Å²) in [4.78, 5) is 30.3. The lowest BCUT2D eigenvalue weighted by Crippen LogP contribution is -2.35. The lowest BCUT2D eigenvalue weighted by atomic mass is 9.94. The molecule has 160 valence electrons. The highest BCUT2D eigenvalue weighted by atomic mass is 32.2. The minimum Gasteiger partial charge on any atom is -0.454 e. The number of thioether (sulfide) groups is 1. The predicted molar refractivity (Wildman–Crippen MR) is 102 cm³/mol. The van der Waals surface area contributed by atoms with Gasteiger partial charge in [-0.2, -0.15) is 13.2 Å². The lowest BCUT2D eigenvalue weighted by Gasteiger charge is -2.29. The first-order valence-electron chi connectivity index (χ1n) is 9.14. The molecule has 0 spiro atoms. The Morgan fingerprint density at radius 3 is 2.93 bits per heavy atom. The number of aromatic nitrogens is 1. The normalized spacial score (nSPS) is 27.0. The van der Waals surface area contributed by atoms with E-state index in [1.54, 1.807) is 29.4 Å². The van der Waals surface area contributed by atoms with E-state index in [1.807, 2.05) is 0 Å². The topological polar surface area (TPSA) is 68.7 Å². The van der Waals surface area contributed by atoms with Crippen LogP contribution in [0.4, 0.5) is 18.0 Å². The zero-order valence-corrected chi connectivity index (χ0v) is 17.4. The summed E-state index contributed by atoms with van der Waals surface area (Å²) < 4.78 is 49.0. The number of carbonyl (C=O) groups excluding carboxylic acids is 2. The molecule has 2 aliphatic rings. The van der Waals surface area contributed by atoms with Crippen LogP contribution in [0.3, 0.4) is 0 Å². The molecular formula is C18H21F3N2O4S2. The maximum absolute atomic E-state index is 12.6. The molecule has 1 aromatic heterocycles. The molecule has 3 heterocycles. The molecule has 0 aliphatic carbocycles. The number of hydrogen-bond donors (Lipinski definition) is 0. The first kappa shape index (κ1) is 21.9. The number of amides is 1. The Hall–Kier alpha value is -1.75. The van der Waals surface area contributed by atoms with Crippen LogP contribution in [0.1, 0.15) is 43.1 Å². The SMILES string of the molecule is C[C@@]1(CCCC(F)(F)F)C/C=C/[C@H]2COC(=O)N2CCSc2nc(cs2)C(=O)O1. The van der Waals surface area contributed by atoms with Gasteiger partial charge in [0, 0.05) is 30.5 Å². The van der Waals surface area contributed by atoms with Crippen LogP contribution in [-0.2, 0) is 9.47 Å². The molecule has 0 saturated carbocycles. The van der Waals surface area contributed by atoms with Crippen molar-refractivity contribution >= 4 is 35.2 Å². The molecule has 1 aromatic rings. The van der Waals surface area contributed by atoms with Crippen molar-refractivity contribution in [3.8, 4) is 0 Å². The second-order valence-corrected chi connectivity index (χ2v) is 9.33. The average molecular weight is 451 g/mol. The fourth-order valence-electron chi connectivity index (χ4n) is 3.14. The Labute approximate surface area is 174 Å². The Kier molecular flexibility index (Phi) is 6.77. The van der Waals surface area contributed by atoms with E-state index in [2.05, 4.69) is 4.98 Å². The van der Waals surface area contributed by atoms with Gasteiger partial charge in [-0.15, -0.1) is 11.3 Å². The zero-order valence-electron chi connectivity index (χ0n) is 15.7. The molecule has 1 amide bonds. The molecule has 2 bridgehead atoms. The number of nitrogens with zero attached hydrogens (tertiary/aromatic N) is 2. The van der Waals surface area contributed by atoms with Crippen molar-refractivity contribution in [1.82, 2.24) is 9.88 Å². The van der Waals surface area contributed by atoms with Crippen molar-refractivity contribution in [3.05, 3.63) is 23.2 Å². The van der Waals surface area contributed by atoms with Crippen molar-refractivity contribution in [3.63, 3.8) is 0 Å². The summed E-state index contributed by atoms with van der Waals surface area (Å²) in [5.74, 6) is -0.0505. The lowest BCUT2D eigenvalue weighted by molar-refractivity contribution is -0.137. The van der Waals surface area contributed by atoms with E-state index in [1.165, 1.54) is 23.1 Å². The molecule has 0 N–H and O–H groups in total. The molecule has 6 nitrogen and oxygen atoms in total. The number of fused-ring (bicyclic) bond motifs is 3. The highest BCUT2D eigenvalue weighted by molar-refractivity contribution is 8.01. The first-order chi connectivity index (χ1) is 13.7. The van der Waals surface area contributed by atoms with Gasteiger partial charge in [-0.05, 0) is 19.8 Å². The second kappa shape index (κ2) is 8.95. The fourth-order valence-corrected chi connectivity index (χ4v) is 4.94. The molecule has 0 radical (unpaired) electrons. The number of thiazole rings is 1. The van der Waals surface area contributed by atoms with Crippen LogP contribution in [0.25, 0.3) is 0 Å². The maximum Gasteiger partial charge on any atom is 0.410 e. The summed E-state index contributed by atoms with van der Waals surface area (Å²) in [6.45, 7) is 2.29. The van der Waals surface area contributed by atoms with Gasteiger partial charge in [-0.1, -0.05) is 23.9 Å². The largest absolute Gasteiger partial charge is 0.454 e. The van der Waals surface area contributed by atoms with Crippen LogP contribution in [0.5, 0.6) is 0 Å². The van der Waals surface area contributed by atoms with Gasteiger partial charge in [-0.3, -0.25) is 4.90 Å². The molecule has 1 fully saturated rings. The maximum atomic E-state index is 12.6. The number of cyclic esters (lactones) is 2. The van der Waals surface area contributed by atoms with Crippen molar-refractivity contribution in [2.75, 3.05) is 18.9 Å². The molecule has 2 atom stereocenters. The van der Waals surface area contributed by atoms with E-state index < -0.39 is 30.3 Å². The molecule has 1 saturated heterocycles. The van der Waals surface area contributed by atoms with Gasteiger partial charge in [-0.25, -0.2) is 14.6 Å². The van der Waals surface area contributed by atoms with Gasteiger partial charge in [0.15, 0.2) is 10.0 Å². The smallest absolute Gasteiger partial charge is 0.410 e. The van der Waals surface area contributed by atoms with Crippen LogP contribution >= 0.6 is 23.1 Å². The number of alkyl halides is 3. The summed E-state index contributed by atoms with van der Waals surface area (Å²) in [6.07, 6.45) is -1.95. The van der Waals surface area contributed by atoms with Crippen LogP contribution in [0, 0.1) is 0 Å². The third kappa shape index (κ3) is 6.11. The van der Waals surface area contributed by atoms with Gasteiger partial charge >= 0.3 is 18.2 Å². The third-order valence-corrected chi connectivity index (χ3v) is 6.68. The van der Waals surface area contributed by atoms with Crippen LogP contribution in [-0.4, -0.2) is 58.7 Å². The number of rotatable bonds is 3.